The Hall–Kier alpha value is -5.38. The van der Waals surface area contributed by atoms with E-state index in [0.29, 0.717) is 0 Å². The van der Waals surface area contributed by atoms with Crippen molar-refractivity contribution in [1.82, 2.24) is 9.97 Å². The summed E-state index contributed by atoms with van der Waals surface area (Å²) in [4.78, 5) is 11.5. The number of fused-ring (bicyclic) bond motifs is 4. The van der Waals surface area contributed by atoms with E-state index in [2.05, 4.69) is 152 Å². The third kappa shape index (κ3) is 4.61. The topological polar surface area (TPSA) is 25.8 Å². The molecule has 3 aliphatic rings. The van der Waals surface area contributed by atoms with Crippen molar-refractivity contribution in [2.45, 2.75) is 24.7 Å². The van der Waals surface area contributed by atoms with Crippen LogP contribution >= 0.6 is 11.3 Å². The van der Waals surface area contributed by atoms with E-state index in [9.17, 15) is 0 Å². The molecule has 0 fully saturated rings. The Balaban J connectivity index is 1.29. The zero-order chi connectivity index (χ0) is 31.2. The second kappa shape index (κ2) is 11.5. The molecule has 2 heterocycles. The molecule has 0 saturated heterocycles. The SMILES string of the molecule is C1=CC=C(C2(C3=CCCC=C3)c3ccccc3-c3ccc(-c4cc(-c5cc6ccccc6s5)nc(-c5ccccc5)n4)cc32)CC=C1. The van der Waals surface area contributed by atoms with E-state index in [0.717, 1.165) is 52.5 Å². The summed E-state index contributed by atoms with van der Waals surface area (Å²) < 4.78 is 1.26. The van der Waals surface area contributed by atoms with Gasteiger partial charge in [-0.15, -0.1) is 11.3 Å². The molecule has 6 aromatic rings. The number of benzene rings is 4. The van der Waals surface area contributed by atoms with Gasteiger partial charge in [0.05, 0.1) is 21.7 Å². The first-order valence-corrected chi connectivity index (χ1v) is 17.2. The smallest absolute Gasteiger partial charge is 0.160 e. The predicted octanol–water partition coefficient (Wildman–Crippen LogP) is 11.7. The Morgan fingerprint density at radius 3 is 2.34 bits per heavy atom. The van der Waals surface area contributed by atoms with Gasteiger partial charge in [-0.1, -0.05) is 134 Å². The van der Waals surface area contributed by atoms with Crippen molar-refractivity contribution in [3.05, 3.63) is 180 Å². The Kier molecular flexibility index (Phi) is 6.80. The highest BCUT2D eigenvalue weighted by Crippen LogP contribution is 2.58. The highest BCUT2D eigenvalue weighted by molar-refractivity contribution is 7.22. The van der Waals surface area contributed by atoms with Crippen LogP contribution in [0.2, 0.25) is 0 Å². The van der Waals surface area contributed by atoms with E-state index in [1.807, 2.05) is 6.07 Å². The summed E-state index contributed by atoms with van der Waals surface area (Å²) in [5.74, 6) is 0.741. The van der Waals surface area contributed by atoms with E-state index in [-0.39, 0.29) is 5.41 Å². The Bertz CT molecular complexity index is 2300. The lowest BCUT2D eigenvalue weighted by molar-refractivity contribution is 0.714. The number of aromatic nitrogens is 2. The lowest BCUT2D eigenvalue weighted by Gasteiger charge is -2.37. The van der Waals surface area contributed by atoms with Crippen LogP contribution in [0.4, 0.5) is 0 Å². The van der Waals surface area contributed by atoms with E-state index in [4.69, 9.17) is 9.97 Å². The van der Waals surface area contributed by atoms with Gasteiger partial charge in [-0.05, 0) is 82.3 Å². The molecule has 0 saturated carbocycles. The van der Waals surface area contributed by atoms with Crippen LogP contribution in [0.25, 0.3) is 54.4 Å². The number of allylic oxidation sites excluding steroid dienone is 10. The second-order valence-corrected chi connectivity index (χ2v) is 13.5. The molecule has 1 unspecified atom stereocenters. The lowest BCUT2D eigenvalue weighted by atomic mass is 9.64. The van der Waals surface area contributed by atoms with E-state index in [1.165, 1.54) is 43.5 Å². The predicted molar refractivity (Wildman–Crippen MR) is 197 cm³/mol. The van der Waals surface area contributed by atoms with Gasteiger partial charge in [0, 0.05) is 15.8 Å². The molecule has 0 amide bonds. The molecule has 9 rings (SSSR count). The number of rotatable bonds is 5. The molecule has 0 spiro atoms. The zero-order valence-corrected chi connectivity index (χ0v) is 26.8. The molecule has 0 radical (unpaired) electrons. The van der Waals surface area contributed by atoms with Crippen molar-refractivity contribution in [1.29, 1.82) is 0 Å². The molecule has 4 aromatic carbocycles. The summed E-state index contributed by atoms with van der Waals surface area (Å²) in [6.07, 6.45) is 21.4. The number of nitrogens with zero attached hydrogens (tertiary/aromatic N) is 2. The summed E-state index contributed by atoms with van der Waals surface area (Å²) in [6.45, 7) is 0. The van der Waals surface area contributed by atoms with Gasteiger partial charge in [-0.3, -0.25) is 0 Å². The fourth-order valence-corrected chi connectivity index (χ4v) is 8.60. The van der Waals surface area contributed by atoms with Gasteiger partial charge >= 0.3 is 0 Å². The molecule has 0 N–H and O–H groups in total. The van der Waals surface area contributed by atoms with E-state index < -0.39 is 0 Å². The number of hydrogen-bond acceptors (Lipinski definition) is 3. The van der Waals surface area contributed by atoms with Gasteiger partial charge in [-0.25, -0.2) is 9.97 Å². The standard InChI is InChI=1S/C44H32N2S/c1-2-8-19-33(18-7-1)44(34-20-9-4-10-21-34)37-23-13-12-22-35(37)36-26-25-31(27-38(36)44)39-29-40(42-28-32-17-11-14-24-41(32)47-42)46-43(45-39)30-15-5-3-6-16-30/h1-3,5-9,11-18,20-29H,4,10,19H2. The van der Waals surface area contributed by atoms with Crippen LogP contribution < -0.4 is 0 Å². The van der Waals surface area contributed by atoms with Gasteiger partial charge < -0.3 is 0 Å². The Morgan fingerprint density at radius 1 is 0.617 bits per heavy atom. The Labute approximate surface area is 279 Å². The minimum absolute atomic E-state index is 0.387. The van der Waals surface area contributed by atoms with Crippen molar-refractivity contribution in [3.8, 4) is 44.3 Å². The first-order valence-electron chi connectivity index (χ1n) is 16.4. The highest BCUT2D eigenvalue weighted by Gasteiger charge is 2.47. The average Bonchev–Trinajstić information content (AvgIpc) is 3.58. The van der Waals surface area contributed by atoms with Crippen LogP contribution in [0.15, 0.2) is 169 Å². The molecule has 47 heavy (non-hydrogen) atoms. The van der Waals surface area contributed by atoms with Crippen molar-refractivity contribution in [2.75, 3.05) is 0 Å². The van der Waals surface area contributed by atoms with Gasteiger partial charge in [0.1, 0.15) is 0 Å². The van der Waals surface area contributed by atoms with Crippen molar-refractivity contribution in [3.63, 3.8) is 0 Å². The third-order valence-electron chi connectivity index (χ3n) is 9.68. The summed E-state index contributed by atoms with van der Waals surface area (Å²) >= 11 is 1.78. The fourth-order valence-electron chi connectivity index (χ4n) is 7.57. The van der Waals surface area contributed by atoms with E-state index >= 15 is 0 Å². The van der Waals surface area contributed by atoms with Gasteiger partial charge in [0.15, 0.2) is 5.82 Å². The molecular weight excluding hydrogens is 589 g/mol. The molecule has 1 atom stereocenters. The van der Waals surface area contributed by atoms with Gasteiger partial charge in [-0.2, -0.15) is 0 Å². The van der Waals surface area contributed by atoms with Crippen LogP contribution in [0.3, 0.4) is 0 Å². The normalized spacial score (nSPS) is 18.0. The van der Waals surface area contributed by atoms with Crippen LogP contribution in [0, 0.1) is 0 Å². The second-order valence-electron chi connectivity index (χ2n) is 12.4. The number of hydrogen-bond donors (Lipinski definition) is 0. The summed E-state index contributed by atoms with van der Waals surface area (Å²) in [7, 11) is 0. The van der Waals surface area contributed by atoms with Gasteiger partial charge in [0.25, 0.3) is 0 Å². The third-order valence-corrected chi connectivity index (χ3v) is 10.8. The Morgan fingerprint density at radius 2 is 1.45 bits per heavy atom. The quantitative estimate of drug-likeness (QED) is 0.192. The van der Waals surface area contributed by atoms with Crippen LogP contribution in [0.5, 0.6) is 0 Å². The molecule has 224 valence electrons. The maximum atomic E-state index is 5.24. The van der Waals surface area contributed by atoms with Gasteiger partial charge in [0.2, 0.25) is 0 Å². The molecule has 2 aromatic heterocycles. The summed E-state index contributed by atoms with van der Waals surface area (Å²) in [5.41, 5.74) is 11.7. The monoisotopic (exact) mass is 620 g/mol. The molecule has 2 nitrogen and oxygen atoms in total. The molecular formula is C44H32N2S. The lowest BCUT2D eigenvalue weighted by Crippen LogP contribution is -2.30. The maximum absolute atomic E-state index is 5.24. The van der Waals surface area contributed by atoms with Crippen LogP contribution in [-0.4, -0.2) is 9.97 Å². The maximum Gasteiger partial charge on any atom is 0.160 e. The highest BCUT2D eigenvalue weighted by atomic mass is 32.1. The minimum atomic E-state index is -0.387. The van der Waals surface area contributed by atoms with E-state index in [1.54, 1.807) is 11.3 Å². The average molecular weight is 621 g/mol. The first-order chi connectivity index (χ1) is 23.3. The summed E-state index contributed by atoms with van der Waals surface area (Å²) in [6, 6.07) is 39.3. The van der Waals surface area contributed by atoms with Crippen LogP contribution in [0.1, 0.15) is 30.4 Å². The number of thiophene rings is 1. The minimum Gasteiger partial charge on any atom is -0.228 e. The van der Waals surface area contributed by atoms with Crippen LogP contribution in [-0.2, 0) is 5.41 Å². The largest absolute Gasteiger partial charge is 0.228 e. The molecule has 3 aliphatic carbocycles. The molecule has 0 aliphatic heterocycles. The first kappa shape index (κ1) is 27.9. The van der Waals surface area contributed by atoms with Crippen molar-refractivity contribution >= 4 is 21.4 Å². The molecule has 3 heteroatoms. The molecule has 0 bridgehead atoms. The fraction of sp³-hybridized carbons (Fsp3) is 0.0909. The van der Waals surface area contributed by atoms with Crippen molar-refractivity contribution in [2.24, 2.45) is 0 Å². The summed E-state index contributed by atoms with van der Waals surface area (Å²) in [5, 5.41) is 1.24. The zero-order valence-electron chi connectivity index (χ0n) is 25.9. The van der Waals surface area contributed by atoms with Crippen molar-refractivity contribution < 1.29 is 0 Å².